The molecule has 0 unspecified atom stereocenters. The van der Waals surface area contributed by atoms with Crippen molar-refractivity contribution < 1.29 is 19.4 Å². The zero-order chi connectivity index (χ0) is 15.5. The Morgan fingerprint density at radius 2 is 2.00 bits per heavy atom. The van der Waals surface area contributed by atoms with E-state index in [0.717, 1.165) is 10.8 Å². The molecule has 1 N–H and O–H groups in total. The number of phenolic OH excluding ortho intramolecular Hbond substituents is 1. The lowest BCUT2D eigenvalue weighted by atomic mass is 10.1. The van der Waals surface area contributed by atoms with Crippen molar-refractivity contribution in [1.29, 1.82) is 0 Å². The van der Waals surface area contributed by atoms with Gasteiger partial charge in [-0.05, 0) is 35.7 Å². The fourth-order valence-electron chi connectivity index (χ4n) is 2.12. The fourth-order valence-corrected chi connectivity index (χ4v) is 2.12. The van der Waals surface area contributed by atoms with Gasteiger partial charge in [-0.2, -0.15) is 0 Å². The van der Waals surface area contributed by atoms with Crippen LogP contribution in [0.2, 0.25) is 0 Å². The molecule has 0 atom stereocenters. The molecule has 0 saturated heterocycles. The van der Waals surface area contributed by atoms with Gasteiger partial charge in [-0.15, -0.1) is 0 Å². The van der Waals surface area contributed by atoms with E-state index in [9.17, 15) is 9.90 Å². The largest absolute Gasteiger partial charge is 0.508 e. The lowest BCUT2D eigenvalue weighted by Gasteiger charge is -2.08. The number of ether oxygens (including phenoxy) is 2. The van der Waals surface area contributed by atoms with Crippen LogP contribution < -0.4 is 4.74 Å². The molecule has 3 aromatic rings. The van der Waals surface area contributed by atoms with Crippen molar-refractivity contribution in [3.63, 3.8) is 0 Å². The van der Waals surface area contributed by atoms with Crippen molar-refractivity contribution in [2.45, 2.75) is 0 Å². The Kier molecular flexibility index (Phi) is 3.62. The van der Waals surface area contributed by atoms with Gasteiger partial charge in [0.2, 0.25) is 5.88 Å². The second kappa shape index (κ2) is 5.73. The van der Waals surface area contributed by atoms with Crippen LogP contribution in [0.3, 0.4) is 0 Å². The van der Waals surface area contributed by atoms with Gasteiger partial charge >= 0.3 is 5.97 Å². The highest BCUT2D eigenvalue weighted by atomic mass is 16.5. The third-order valence-corrected chi connectivity index (χ3v) is 3.20. The van der Waals surface area contributed by atoms with Crippen LogP contribution in [0.15, 0.2) is 54.7 Å². The van der Waals surface area contributed by atoms with E-state index in [1.165, 1.54) is 13.3 Å². The summed E-state index contributed by atoms with van der Waals surface area (Å²) in [6.07, 6.45) is 1.40. The minimum absolute atomic E-state index is 0.199. The molecule has 0 spiro atoms. The summed E-state index contributed by atoms with van der Waals surface area (Å²) in [6, 6.07) is 13.8. The number of nitrogens with zero attached hydrogens (tertiary/aromatic N) is 1. The van der Waals surface area contributed by atoms with Crippen LogP contribution in [0.5, 0.6) is 17.4 Å². The summed E-state index contributed by atoms with van der Waals surface area (Å²) < 4.78 is 10.4. The Balaban J connectivity index is 1.91. The van der Waals surface area contributed by atoms with Crippen molar-refractivity contribution in [3.05, 3.63) is 60.3 Å². The summed E-state index contributed by atoms with van der Waals surface area (Å²) in [7, 11) is 1.32. The standard InChI is InChI=1S/C17H13NO4/c1-21-17(20)12-5-8-16(18-10-12)22-15-4-2-3-11-9-13(19)6-7-14(11)15/h2-10,19H,1H3. The Labute approximate surface area is 126 Å². The minimum atomic E-state index is -0.445. The number of fused-ring (bicyclic) bond motifs is 1. The first-order valence-corrected chi connectivity index (χ1v) is 6.61. The van der Waals surface area contributed by atoms with Gasteiger partial charge in [-0.3, -0.25) is 0 Å². The van der Waals surface area contributed by atoms with Crippen LogP contribution in [0.25, 0.3) is 10.8 Å². The number of phenols is 1. The number of methoxy groups -OCH3 is 1. The highest BCUT2D eigenvalue weighted by molar-refractivity contribution is 5.90. The molecular weight excluding hydrogens is 282 g/mol. The first kappa shape index (κ1) is 13.9. The molecule has 2 aromatic carbocycles. The predicted octanol–water partition coefficient (Wildman–Crippen LogP) is 3.52. The molecule has 5 nitrogen and oxygen atoms in total. The average molecular weight is 295 g/mol. The molecule has 0 saturated carbocycles. The van der Waals surface area contributed by atoms with Gasteiger partial charge in [0.15, 0.2) is 0 Å². The molecule has 0 aliphatic rings. The molecule has 0 radical (unpaired) electrons. The zero-order valence-corrected chi connectivity index (χ0v) is 11.8. The monoisotopic (exact) mass is 295 g/mol. The van der Waals surface area contributed by atoms with Gasteiger partial charge in [0.25, 0.3) is 0 Å². The number of carbonyl (C=O) groups is 1. The molecular formula is C17H13NO4. The SMILES string of the molecule is COC(=O)c1ccc(Oc2cccc3cc(O)ccc23)nc1. The molecule has 3 rings (SSSR count). The zero-order valence-electron chi connectivity index (χ0n) is 11.8. The first-order valence-electron chi connectivity index (χ1n) is 6.61. The van der Waals surface area contributed by atoms with E-state index in [4.69, 9.17) is 4.74 Å². The van der Waals surface area contributed by atoms with E-state index in [2.05, 4.69) is 9.72 Å². The summed E-state index contributed by atoms with van der Waals surface area (Å²) in [4.78, 5) is 15.5. The molecule has 0 amide bonds. The number of aromatic nitrogens is 1. The van der Waals surface area contributed by atoms with Crippen molar-refractivity contribution in [1.82, 2.24) is 4.98 Å². The summed E-state index contributed by atoms with van der Waals surface area (Å²) in [6.45, 7) is 0. The molecule has 0 aliphatic heterocycles. The molecule has 0 aliphatic carbocycles. The molecule has 5 heteroatoms. The lowest BCUT2D eigenvalue weighted by Crippen LogP contribution is -2.01. The number of carbonyl (C=O) groups excluding carboxylic acids is 1. The number of pyridine rings is 1. The normalized spacial score (nSPS) is 10.4. The van der Waals surface area contributed by atoms with Gasteiger partial charge in [0.1, 0.15) is 11.5 Å². The molecule has 22 heavy (non-hydrogen) atoms. The highest BCUT2D eigenvalue weighted by Gasteiger charge is 2.08. The summed E-state index contributed by atoms with van der Waals surface area (Å²) in [5.41, 5.74) is 0.359. The number of rotatable bonds is 3. The topological polar surface area (TPSA) is 68.7 Å². The minimum Gasteiger partial charge on any atom is -0.508 e. The van der Waals surface area contributed by atoms with E-state index < -0.39 is 5.97 Å². The van der Waals surface area contributed by atoms with Crippen LogP contribution in [0.4, 0.5) is 0 Å². The smallest absolute Gasteiger partial charge is 0.339 e. The Bertz CT molecular complexity index is 828. The van der Waals surface area contributed by atoms with Crippen molar-refractivity contribution >= 4 is 16.7 Å². The van der Waals surface area contributed by atoms with Crippen LogP contribution in [0, 0.1) is 0 Å². The summed E-state index contributed by atoms with van der Waals surface area (Å²) >= 11 is 0. The number of aromatic hydroxyl groups is 1. The van der Waals surface area contributed by atoms with Crippen LogP contribution in [-0.2, 0) is 4.74 Å². The molecule has 0 fully saturated rings. The highest BCUT2D eigenvalue weighted by Crippen LogP contribution is 2.31. The number of esters is 1. The number of hydrogen-bond donors (Lipinski definition) is 1. The second-order valence-electron chi connectivity index (χ2n) is 4.64. The molecule has 110 valence electrons. The van der Waals surface area contributed by atoms with Crippen LogP contribution >= 0.6 is 0 Å². The van der Waals surface area contributed by atoms with Gasteiger partial charge in [-0.1, -0.05) is 12.1 Å². The van der Waals surface area contributed by atoms with E-state index in [1.54, 1.807) is 30.3 Å². The van der Waals surface area contributed by atoms with E-state index in [0.29, 0.717) is 17.2 Å². The fraction of sp³-hybridized carbons (Fsp3) is 0.0588. The maximum absolute atomic E-state index is 11.4. The summed E-state index contributed by atoms with van der Waals surface area (Å²) in [5.74, 6) is 0.744. The van der Waals surface area contributed by atoms with E-state index >= 15 is 0 Å². The third-order valence-electron chi connectivity index (χ3n) is 3.20. The maximum atomic E-state index is 11.4. The first-order chi connectivity index (χ1) is 10.7. The lowest BCUT2D eigenvalue weighted by molar-refractivity contribution is 0.0600. The van der Waals surface area contributed by atoms with E-state index in [-0.39, 0.29) is 5.75 Å². The second-order valence-corrected chi connectivity index (χ2v) is 4.64. The van der Waals surface area contributed by atoms with Crippen molar-refractivity contribution in [2.24, 2.45) is 0 Å². The number of hydrogen-bond acceptors (Lipinski definition) is 5. The average Bonchev–Trinajstić information content (AvgIpc) is 2.55. The van der Waals surface area contributed by atoms with Gasteiger partial charge in [-0.25, -0.2) is 9.78 Å². The predicted molar refractivity (Wildman–Crippen MR) is 81.3 cm³/mol. The van der Waals surface area contributed by atoms with Crippen molar-refractivity contribution in [2.75, 3.05) is 7.11 Å². The molecule has 0 bridgehead atoms. The van der Waals surface area contributed by atoms with Crippen LogP contribution in [-0.4, -0.2) is 23.2 Å². The van der Waals surface area contributed by atoms with E-state index in [1.807, 2.05) is 18.2 Å². The van der Waals surface area contributed by atoms with Gasteiger partial charge < -0.3 is 14.6 Å². The maximum Gasteiger partial charge on any atom is 0.339 e. The quantitative estimate of drug-likeness (QED) is 0.749. The Hall–Kier alpha value is -3.08. The number of benzene rings is 2. The molecule has 1 aromatic heterocycles. The third kappa shape index (κ3) is 2.69. The van der Waals surface area contributed by atoms with Gasteiger partial charge in [0.05, 0.1) is 12.7 Å². The van der Waals surface area contributed by atoms with Gasteiger partial charge in [0, 0.05) is 17.6 Å². The van der Waals surface area contributed by atoms with Crippen molar-refractivity contribution in [3.8, 4) is 17.4 Å². The Morgan fingerprint density at radius 1 is 1.14 bits per heavy atom. The summed E-state index contributed by atoms with van der Waals surface area (Å²) in [5, 5.41) is 11.2. The van der Waals surface area contributed by atoms with Crippen LogP contribution in [0.1, 0.15) is 10.4 Å². The molecule has 1 heterocycles. The Morgan fingerprint density at radius 3 is 2.73 bits per heavy atom.